The minimum atomic E-state index is -1.03. The van der Waals surface area contributed by atoms with E-state index in [1.807, 2.05) is 0 Å². The molecular weight excluding hydrogens is 310 g/mol. The van der Waals surface area contributed by atoms with Crippen molar-refractivity contribution in [3.05, 3.63) is 28.2 Å². The first-order valence-corrected chi connectivity index (χ1v) is 7.21. The maximum absolute atomic E-state index is 12.2. The van der Waals surface area contributed by atoms with Gasteiger partial charge >= 0.3 is 5.97 Å². The molecule has 4 nitrogen and oxygen atoms in total. The highest BCUT2D eigenvalue weighted by molar-refractivity contribution is 9.10. The van der Waals surface area contributed by atoms with Gasteiger partial charge in [-0.2, -0.15) is 0 Å². The maximum Gasteiger partial charge on any atom is 0.337 e. The number of hydrogen-bond acceptors (Lipinski definition) is 2. The quantitative estimate of drug-likeness (QED) is 0.898. The zero-order valence-corrected chi connectivity index (χ0v) is 11.8. The molecule has 1 aromatic carbocycles. The van der Waals surface area contributed by atoms with E-state index in [4.69, 9.17) is 5.11 Å². The summed E-state index contributed by atoms with van der Waals surface area (Å²) in [6.07, 6.45) is 3.48. The topological polar surface area (TPSA) is 66.4 Å². The third kappa shape index (κ3) is 2.16. The Balaban J connectivity index is 1.80. The molecule has 19 heavy (non-hydrogen) atoms. The van der Waals surface area contributed by atoms with E-state index < -0.39 is 5.97 Å². The molecule has 2 aliphatic rings. The normalized spacial score (nSPS) is 27.7. The molecule has 1 amide bonds. The standard InChI is InChI=1S/C14H14BrNO3/c15-10-6-2-5-9(14(18)19)12(10)16-13(17)11-7-3-1-4-8(7)11/h2,5-8,11H,1,3-4H2,(H,16,17)(H,18,19). The monoisotopic (exact) mass is 323 g/mol. The fraction of sp³-hybridized carbons (Fsp3) is 0.429. The largest absolute Gasteiger partial charge is 0.478 e. The van der Waals surface area contributed by atoms with Crippen molar-refractivity contribution >= 4 is 33.5 Å². The number of carboxylic acids is 1. The summed E-state index contributed by atoms with van der Waals surface area (Å²) in [7, 11) is 0. The van der Waals surface area contributed by atoms with Crippen LogP contribution in [-0.4, -0.2) is 17.0 Å². The number of hydrogen-bond donors (Lipinski definition) is 2. The van der Waals surface area contributed by atoms with Gasteiger partial charge in [-0.05, 0) is 52.7 Å². The number of amides is 1. The third-order valence-corrected chi connectivity index (χ3v) is 4.86. The molecule has 3 rings (SSSR count). The van der Waals surface area contributed by atoms with Crippen LogP contribution in [0.15, 0.2) is 22.7 Å². The SMILES string of the molecule is O=C(O)c1cccc(Br)c1NC(=O)C1C2CCCC21. The van der Waals surface area contributed by atoms with Crippen LogP contribution in [0.3, 0.4) is 0 Å². The first-order chi connectivity index (χ1) is 9.09. The third-order valence-electron chi connectivity index (χ3n) is 4.20. The molecule has 5 heteroatoms. The summed E-state index contributed by atoms with van der Waals surface area (Å²) in [5, 5.41) is 11.9. The minimum Gasteiger partial charge on any atom is -0.478 e. The van der Waals surface area contributed by atoms with Crippen molar-refractivity contribution < 1.29 is 14.7 Å². The van der Waals surface area contributed by atoms with Gasteiger partial charge in [-0.1, -0.05) is 12.5 Å². The van der Waals surface area contributed by atoms with Crippen LogP contribution in [0, 0.1) is 17.8 Å². The lowest BCUT2D eigenvalue weighted by molar-refractivity contribution is -0.118. The van der Waals surface area contributed by atoms with Crippen molar-refractivity contribution in [2.75, 3.05) is 5.32 Å². The highest BCUT2D eigenvalue weighted by Gasteiger charge is 2.56. The predicted molar refractivity (Wildman–Crippen MR) is 74.1 cm³/mol. The number of anilines is 1. The molecule has 0 heterocycles. The summed E-state index contributed by atoms with van der Waals surface area (Å²) < 4.78 is 0.603. The van der Waals surface area contributed by atoms with Crippen LogP contribution in [0.2, 0.25) is 0 Å². The van der Waals surface area contributed by atoms with Crippen LogP contribution >= 0.6 is 15.9 Å². The molecule has 0 spiro atoms. The molecule has 100 valence electrons. The molecule has 0 bridgehead atoms. The molecule has 2 unspecified atom stereocenters. The molecule has 2 fully saturated rings. The van der Waals surface area contributed by atoms with Crippen LogP contribution in [0.5, 0.6) is 0 Å². The minimum absolute atomic E-state index is 0.0379. The van der Waals surface area contributed by atoms with Crippen LogP contribution < -0.4 is 5.32 Å². The maximum atomic E-state index is 12.2. The molecule has 2 aliphatic carbocycles. The van der Waals surface area contributed by atoms with Gasteiger partial charge in [-0.3, -0.25) is 4.79 Å². The Bertz CT molecular complexity index is 548. The van der Waals surface area contributed by atoms with Crippen molar-refractivity contribution in [1.82, 2.24) is 0 Å². The molecule has 1 aromatic rings. The molecule has 0 aromatic heterocycles. The second-order valence-corrected chi connectivity index (χ2v) is 6.10. The van der Waals surface area contributed by atoms with Gasteiger partial charge < -0.3 is 10.4 Å². The van der Waals surface area contributed by atoms with E-state index in [-0.39, 0.29) is 17.4 Å². The lowest BCUT2D eigenvalue weighted by Crippen LogP contribution is -2.19. The van der Waals surface area contributed by atoms with Gasteiger partial charge in [0.25, 0.3) is 0 Å². The van der Waals surface area contributed by atoms with Crippen molar-refractivity contribution in [1.29, 1.82) is 0 Å². The average Bonchev–Trinajstić information content (AvgIpc) is 2.85. The molecule has 0 aliphatic heterocycles. The summed E-state index contributed by atoms with van der Waals surface area (Å²) in [4.78, 5) is 23.4. The Kier molecular flexibility index (Phi) is 3.09. The Morgan fingerprint density at radius 1 is 1.26 bits per heavy atom. The van der Waals surface area contributed by atoms with E-state index in [2.05, 4.69) is 21.2 Å². The summed E-state index contributed by atoms with van der Waals surface area (Å²) in [6.45, 7) is 0. The highest BCUT2D eigenvalue weighted by atomic mass is 79.9. The van der Waals surface area contributed by atoms with E-state index in [1.165, 1.54) is 12.5 Å². The molecule has 0 saturated heterocycles. The van der Waals surface area contributed by atoms with Crippen molar-refractivity contribution in [2.24, 2.45) is 17.8 Å². The summed E-state index contributed by atoms with van der Waals surface area (Å²) in [6, 6.07) is 4.88. The first kappa shape index (κ1) is 12.7. The van der Waals surface area contributed by atoms with Gasteiger partial charge in [0.2, 0.25) is 5.91 Å². The average molecular weight is 324 g/mol. The fourth-order valence-electron chi connectivity index (χ4n) is 3.25. The van der Waals surface area contributed by atoms with E-state index in [1.54, 1.807) is 12.1 Å². The summed E-state index contributed by atoms with van der Waals surface area (Å²) in [5.74, 6) is 0.0609. The number of carboxylic acid groups (broad SMARTS) is 1. The molecule has 0 radical (unpaired) electrons. The van der Waals surface area contributed by atoms with Gasteiger partial charge in [0, 0.05) is 10.4 Å². The number of rotatable bonds is 3. The van der Waals surface area contributed by atoms with E-state index >= 15 is 0 Å². The van der Waals surface area contributed by atoms with E-state index in [0.717, 1.165) is 12.8 Å². The number of nitrogens with one attached hydrogen (secondary N) is 1. The van der Waals surface area contributed by atoms with Gasteiger partial charge in [0.1, 0.15) is 0 Å². The zero-order valence-electron chi connectivity index (χ0n) is 10.2. The number of halogens is 1. The van der Waals surface area contributed by atoms with Gasteiger partial charge in [-0.25, -0.2) is 4.79 Å². The molecule has 2 saturated carbocycles. The smallest absolute Gasteiger partial charge is 0.337 e. The molecule has 2 atom stereocenters. The molecule has 2 N–H and O–H groups in total. The van der Waals surface area contributed by atoms with Crippen LogP contribution in [-0.2, 0) is 4.79 Å². The molecular formula is C14H14BrNO3. The van der Waals surface area contributed by atoms with Crippen LogP contribution in [0.4, 0.5) is 5.69 Å². The number of carbonyl (C=O) groups excluding carboxylic acids is 1. The fourth-order valence-corrected chi connectivity index (χ4v) is 3.71. The number of para-hydroxylation sites is 1. The van der Waals surface area contributed by atoms with Crippen LogP contribution in [0.1, 0.15) is 29.6 Å². The lowest BCUT2D eigenvalue weighted by atomic mass is 10.1. The number of benzene rings is 1. The Morgan fingerprint density at radius 2 is 1.95 bits per heavy atom. The second kappa shape index (κ2) is 4.63. The van der Waals surface area contributed by atoms with Crippen LogP contribution in [0.25, 0.3) is 0 Å². The van der Waals surface area contributed by atoms with Gasteiger partial charge in [-0.15, -0.1) is 0 Å². The van der Waals surface area contributed by atoms with E-state index in [9.17, 15) is 9.59 Å². The Hall–Kier alpha value is -1.36. The number of aromatic carboxylic acids is 1. The second-order valence-electron chi connectivity index (χ2n) is 5.24. The summed E-state index contributed by atoms with van der Waals surface area (Å²) >= 11 is 3.30. The van der Waals surface area contributed by atoms with Crippen molar-refractivity contribution in [2.45, 2.75) is 19.3 Å². The Morgan fingerprint density at radius 3 is 2.58 bits per heavy atom. The van der Waals surface area contributed by atoms with Crippen molar-refractivity contribution in [3.8, 4) is 0 Å². The van der Waals surface area contributed by atoms with Gasteiger partial charge in [0.15, 0.2) is 0 Å². The summed E-state index contributed by atoms with van der Waals surface area (Å²) in [5.41, 5.74) is 0.485. The van der Waals surface area contributed by atoms with E-state index in [0.29, 0.717) is 22.0 Å². The predicted octanol–water partition coefficient (Wildman–Crippen LogP) is 3.13. The number of fused-ring (bicyclic) bond motifs is 1. The van der Waals surface area contributed by atoms with Gasteiger partial charge in [0.05, 0.1) is 11.3 Å². The van der Waals surface area contributed by atoms with Crippen molar-refractivity contribution in [3.63, 3.8) is 0 Å². The Labute approximate surface area is 119 Å². The first-order valence-electron chi connectivity index (χ1n) is 6.42. The lowest BCUT2D eigenvalue weighted by Gasteiger charge is -2.11. The zero-order chi connectivity index (χ0) is 13.6. The number of carbonyl (C=O) groups is 2. The highest BCUT2D eigenvalue weighted by Crippen LogP contribution is 2.57.